The first-order valence-electron chi connectivity index (χ1n) is 8.36. The minimum absolute atomic E-state index is 0.296. The predicted molar refractivity (Wildman–Crippen MR) is 95.3 cm³/mol. The van der Waals surface area contributed by atoms with Crippen LogP contribution in [-0.2, 0) is 0 Å². The van der Waals surface area contributed by atoms with E-state index in [2.05, 4.69) is 0 Å². The fourth-order valence-corrected chi connectivity index (χ4v) is 3.07. The highest BCUT2D eigenvalue weighted by molar-refractivity contribution is 7.99. The number of halogens is 9. The van der Waals surface area contributed by atoms with Crippen LogP contribution >= 0.6 is 11.8 Å². The van der Waals surface area contributed by atoms with Gasteiger partial charge in [-0.3, -0.25) is 0 Å². The van der Waals surface area contributed by atoms with E-state index in [0.717, 1.165) is 11.1 Å². The second kappa shape index (κ2) is 8.99. The largest absolute Gasteiger partial charge is 0.483 e. The molecule has 0 fully saturated rings. The van der Waals surface area contributed by atoms with Crippen LogP contribution in [0.25, 0.3) is 11.1 Å². The second-order valence-electron chi connectivity index (χ2n) is 6.17. The molecule has 0 amide bonds. The van der Waals surface area contributed by atoms with E-state index in [4.69, 9.17) is 4.74 Å². The minimum atomic E-state index is -6.86. The van der Waals surface area contributed by atoms with E-state index in [1.54, 1.807) is 24.3 Å². The molecule has 2 aromatic carbocycles. The lowest BCUT2D eigenvalue weighted by Gasteiger charge is -2.33. The molecule has 0 bridgehead atoms. The van der Waals surface area contributed by atoms with Gasteiger partial charge in [-0.15, -0.1) is 11.8 Å². The standard InChI is InChI=1S/C19H15F9OS/c20-16(21,17(22,23)18(24,25)19(26,27)28)9-10-30-12-29-15-8-4-7-14(11-15)13-5-2-1-3-6-13/h1-8,11H,9-10,12H2. The van der Waals surface area contributed by atoms with E-state index in [1.165, 1.54) is 0 Å². The Balaban J connectivity index is 1.89. The van der Waals surface area contributed by atoms with Crippen molar-refractivity contribution in [2.75, 3.05) is 11.7 Å². The molecule has 0 heterocycles. The third-order valence-electron chi connectivity index (χ3n) is 4.02. The van der Waals surface area contributed by atoms with Crippen molar-refractivity contribution in [3.05, 3.63) is 54.6 Å². The fourth-order valence-electron chi connectivity index (χ4n) is 2.33. The summed E-state index contributed by atoms with van der Waals surface area (Å²) in [5.41, 5.74) is 1.67. The Morgan fingerprint density at radius 3 is 1.90 bits per heavy atom. The number of hydrogen-bond acceptors (Lipinski definition) is 2. The summed E-state index contributed by atoms with van der Waals surface area (Å²) in [7, 11) is 0. The Kier molecular flexibility index (Phi) is 7.26. The van der Waals surface area contributed by atoms with E-state index in [0.29, 0.717) is 17.5 Å². The molecular formula is C19H15F9OS. The highest BCUT2D eigenvalue weighted by Crippen LogP contribution is 2.54. The summed E-state index contributed by atoms with van der Waals surface area (Å²) in [5, 5.41) is 0. The van der Waals surface area contributed by atoms with Crippen LogP contribution in [0.3, 0.4) is 0 Å². The molecule has 1 nitrogen and oxygen atoms in total. The average Bonchev–Trinajstić information content (AvgIpc) is 2.67. The van der Waals surface area contributed by atoms with Gasteiger partial charge in [-0.2, -0.15) is 39.5 Å². The molecule has 0 saturated heterocycles. The van der Waals surface area contributed by atoms with Gasteiger partial charge in [0.05, 0.1) is 0 Å². The van der Waals surface area contributed by atoms with Gasteiger partial charge in [-0.05, 0) is 23.3 Å². The van der Waals surface area contributed by atoms with Gasteiger partial charge in [0, 0.05) is 12.2 Å². The van der Waals surface area contributed by atoms with Crippen LogP contribution in [0.2, 0.25) is 0 Å². The number of thioether (sulfide) groups is 1. The lowest BCUT2D eigenvalue weighted by Crippen LogP contribution is -2.60. The van der Waals surface area contributed by atoms with Crippen LogP contribution in [0, 0.1) is 0 Å². The summed E-state index contributed by atoms with van der Waals surface area (Å²) in [4.78, 5) is 0. The summed E-state index contributed by atoms with van der Waals surface area (Å²) < 4.78 is 120. The Labute approximate surface area is 170 Å². The van der Waals surface area contributed by atoms with Crippen LogP contribution < -0.4 is 4.74 Å². The molecule has 30 heavy (non-hydrogen) atoms. The lowest BCUT2D eigenvalue weighted by atomic mass is 10.0. The topological polar surface area (TPSA) is 9.23 Å². The van der Waals surface area contributed by atoms with E-state index in [9.17, 15) is 39.5 Å². The Morgan fingerprint density at radius 2 is 1.30 bits per heavy atom. The van der Waals surface area contributed by atoms with Gasteiger partial charge in [-0.25, -0.2) is 0 Å². The zero-order chi connectivity index (χ0) is 22.6. The highest BCUT2D eigenvalue weighted by atomic mass is 32.2. The zero-order valence-corrected chi connectivity index (χ0v) is 15.9. The molecule has 0 aromatic heterocycles. The molecule has 0 aliphatic heterocycles. The molecular weight excluding hydrogens is 447 g/mol. The van der Waals surface area contributed by atoms with Crippen molar-refractivity contribution >= 4 is 11.8 Å². The number of benzene rings is 2. The van der Waals surface area contributed by atoms with Gasteiger partial charge in [0.15, 0.2) is 0 Å². The Hall–Kier alpha value is -2.04. The SMILES string of the molecule is FC(F)(F)C(F)(F)C(F)(F)C(F)(F)CCSCOc1cccc(-c2ccccc2)c1. The monoisotopic (exact) mass is 462 g/mol. The maximum atomic E-state index is 13.4. The van der Waals surface area contributed by atoms with Crippen molar-refractivity contribution in [3.8, 4) is 16.9 Å². The van der Waals surface area contributed by atoms with Gasteiger partial charge in [0.25, 0.3) is 0 Å². The van der Waals surface area contributed by atoms with Crippen molar-refractivity contribution in [2.24, 2.45) is 0 Å². The average molecular weight is 462 g/mol. The summed E-state index contributed by atoms with van der Waals surface area (Å²) in [6, 6.07) is 15.8. The molecule has 0 spiro atoms. The normalized spacial score (nSPS) is 13.4. The number of alkyl halides is 9. The minimum Gasteiger partial charge on any atom is -0.483 e. The predicted octanol–water partition coefficient (Wildman–Crippen LogP) is 7.28. The summed E-state index contributed by atoms with van der Waals surface area (Å²) in [6.45, 7) is 0. The first-order chi connectivity index (χ1) is 13.8. The number of hydrogen-bond donors (Lipinski definition) is 0. The Morgan fingerprint density at radius 1 is 0.700 bits per heavy atom. The van der Waals surface area contributed by atoms with Gasteiger partial charge in [0.1, 0.15) is 11.7 Å². The lowest BCUT2D eigenvalue weighted by molar-refractivity contribution is -0.396. The van der Waals surface area contributed by atoms with Crippen LogP contribution in [0.5, 0.6) is 5.75 Å². The van der Waals surface area contributed by atoms with Crippen molar-refractivity contribution in [1.82, 2.24) is 0 Å². The fraction of sp³-hybridized carbons (Fsp3) is 0.368. The molecule has 0 saturated carbocycles. The van der Waals surface area contributed by atoms with Crippen molar-refractivity contribution in [3.63, 3.8) is 0 Å². The van der Waals surface area contributed by atoms with Crippen molar-refractivity contribution in [2.45, 2.75) is 30.4 Å². The summed E-state index contributed by atoms with van der Waals surface area (Å²) in [6.07, 6.45) is -8.69. The first kappa shape index (κ1) is 24.2. The molecule has 0 unspecified atom stereocenters. The van der Waals surface area contributed by atoms with E-state index in [-0.39, 0.29) is 5.94 Å². The maximum absolute atomic E-state index is 13.4. The zero-order valence-electron chi connectivity index (χ0n) is 15.0. The van der Waals surface area contributed by atoms with Crippen molar-refractivity contribution in [1.29, 1.82) is 0 Å². The molecule has 2 aromatic rings. The van der Waals surface area contributed by atoms with Crippen LogP contribution in [0.4, 0.5) is 39.5 Å². The summed E-state index contributed by atoms with van der Waals surface area (Å²) in [5.74, 6) is -19.8. The molecule has 2 rings (SSSR count). The smallest absolute Gasteiger partial charge is 0.460 e. The molecule has 166 valence electrons. The van der Waals surface area contributed by atoms with Gasteiger partial charge >= 0.3 is 23.9 Å². The summed E-state index contributed by atoms with van der Waals surface area (Å²) >= 11 is 0.549. The third kappa shape index (κ3) is 5.16. The highest BCUT2D eigenvalue weighted by Gasteiger charge is 2.81. The first-order valence-corrected chi connectivity index (χ1v) is 9.51. The molecule has 0 N–H and O–H groups in total. The Bertz CT molecular complexity index is 822. The quantitative estimate of drug-likeness (QED) is 0.220. The molecule has 0 aliphatic carbocycles. The van der Waals surface area contributed by atoms with Gasteiger partial charge < -0.3 is 4.74 Å². The van der Waals surface area contributed by atoms with Crippen molar-refractivity contribution < 1.29 is 44.3 Å². The van der Waals surface area contributed by atoms with Gasteiger partial charge in [-0.1, -0.05) is 42.5 Å². The second-order valence-corrected chi connectivity index (χ2v) is 7.22. The molecule has 0 aliphatic rings. The molecule has 0 radical (unpaired) electrons. The van der Waals surface area contributed by atoms with E-state index < -0.39 is 36.1 Å². The molecule has 11 heteroatoms. The van der Waals surface area contributed by atoms with Gasteiger partial charge in [0.2, 0.25) is 0 Å². The maximum Gasteiger partial charge on any atom is 0.460 e. The third-order valence-corrected chi connectivity index (χ3v) is 4.80. The molecule has 0 atom stereocenters. The van der Waals surface area contributed by atoms with E-state index in [1.807, 2.05) is 30.3 Å². The van der Waals surface area contributed by atoms with Crippen LogP contribution in [0.15, 0.2) is 54.6 Å². The van der Waals surface area contributed by atoms with Crippen LogP contribution in [-0.4, -0.2) is 35.6 Å². The van der Waals surface area contributed by atoms with Crippen LogP contribution in [0.1, 0.15) is 6.42 Å². The number of rotatable bonds is 9. The number of ether oxygens (including phenoxy) is 1. The van der Waals surface area contributed by atoms with E-state index >= 15 is 0 Å².